The van der Waals surface area contributed by atoms with Gasteiger partial charge in [0, 0.05) is 25.3 Å². The van der Waals surface area contributed by atoms with Gasteiger partial charge in [-0.3, -0.25) is 14.3 Å². The Balaban J connectivity index is 1.34. The van der Waals surface area contributed by atoms with Crippen molar-refractivity contribution in [2.24, 2.45) is 0 Å². The second-order valence-corrected chi connectivity index (χ2v) is 9.64. The van der Waals surface area contributed by atoms with E-state index in [1.165, 1.54) is 0 Å². The van der Waals surface area contributed by atoms with Gasteiger partial charge in [-0.2, -0.15) is 5.10 Å². The number of hydrogen-bond donors (Lipinski definition) is 3. The Morgan fingerprint density at radius 1 is 1.24 bits per heavy atom. The molecule has 0 bridgehead atoms. The molecule has 2 aromatic rings. The van der Waals surface area contributed by atoms with Crippen molar-refractivity contribution >= 4 is 29.2 Å². The Labute approximate surface area is 203 Å². The Hall–Kier alpha value is -2.92. The molecule has 3 N–H and O–H groups in total. The number of amides is 3. The van der Waals surface area contributed by atoms with Gasteiger partial charge in [-0.1, -0.05) is 6.07 Å². The maximum Gasteiger partial charge on any atom is 0.409 e. The summed E-state index contributed by atoms with van der Waals surface area (Å²) in [6.45, 7) is 4.56. The fraction of sp³-hybridized carbons (Fsp3) is 0.565. The number of likely N-dealkylation sites (tertiary alicyclic amines) is 1. The fourth-order valence-electron chi connectivity index (χ4n) is 4.47. The van der Waals surface area contributed by atoms with Crippen molar-refractivity contribution in [1.82, 2.24) is 30.6 Å². The molecule has 10 nitrogen and oxygen atoms in total. The van der Waals surface area contributed by atoms with Crippen molar-refractivity contribution in [2.45, 2.75) is 50.7 Å². The van der Waals surface area contributed by atoms with E-state index in [4.69, 9.17) is 4.74 Å². The first kappa shape index (κ1) is 24.2. The molecule has 0 atom stereocenters. The number of carbonyl (C=O) groups excluding carboxylic acids is 3. The van der Waals surface area contributed by atoms with Crippen molar-refractivity contribution < 1.29 is 19.1 Å². The number of rotatable bonds is 7. The van der Waals surface area contributed by atoms with E-state index in [2.05, 4.69) is 21.0 Å². The van der Waals surface area contributed by atoms with Gasteiger partial charge in [0.05, 0.1) is 11.5 Å². The molecule has 0 spiro atoms. The normalized spacial score (nSPS) is 18.3. The number of hydrogen-bond acceptors (Lipinski definition) is 7. The Morgan fingerprint density at radius 3 is 2.68 bits per heavy atom. The van der Waals surface area contributed by atoms with E-state index in [1.54, 1.807) is 34.0 Å². The van der Waals surface area contributed by atoms with Crippen molar-refractivity contribution in [3.05, 3.63) is 29.8 Å². The second kappa shape index (κ2) is 11.0. The summed E-state index contributed by atoms with van der Waals surface area (Å²) in [4.78, 5) is 40.9. The third kappa shape index (κ3) is 5.76. The van der Waals surface area contributed by atoms with Gasteiger partial charge in [0.1, 0.15) is 17.8 Å². The van der Waals surface area contributed by atoms with Crippen LogP contribution in [0.1, 0.15) is 32.6 Å². The van der Waals surface area contributed by atoms with E-state index in [0.29, 0.717) is 58.5 Å². The summed E-state index contributed by atoms with van der Waals surface area (Å²) < 4.78 is 6.66. The topological polar surface area (TPSA) is 118 Å². The van der Waals surface area contributed by atoms with Crippen molar-refractivity contribution in [2.75, 3.05) is 32.8 Å². The van der Waals surface area contributed by atoms with Crippen LogP contribution < -0.4 is 16.0 Å². The molecule has 184 valence electrons. The van der Waals surface area contributed by atoms with Crippen LogP contribution >= 0.6 is 11.3 Å². The van der Waals surface area contributed by atoms with Crippen molar-refractivity contribution in [1.29, 1.82) is 0 Å². The zero-order chi connectivity index (χ0) is 24.0. The van der Waals surface area contributed by atoms with Gasteiger partial charge < -0.3 is 25.6 Å². The molecular formula is C23H32N6O4S. The third-order valence-corrected chi connectivity index (χ3v) is 7.24. The SMILES string of the molecule is CCOC(=O)N1CCC(NC(=O)C2(NC(=O)Cn3ccc(-c4cccs4)n3)CCNCC2)CC1. The summed E-state index contributed by atoms with van der Waals surface area (Å²) in [6, 6.07) is 5.80. The summed E-state index contributed by atoms with van der Waals surface area (Å²) in [6.07, 6.45) is 3.82. The predicted octanol–water partition coefficient (Wildman–Crippen LogP) is 1.59. The molecular weight excluding hydrogens is 456 g/mol. The van der Waals surface area contributed by atoms with Crippen molar-refractivity contribution in [3.63, 3.8) is 0 Å². The van der Waals surface area contributed by atoms with E-state index < -0.39 is 5.54 Å². The highest BCUT2D eigenvalue weighted by Gasteiger charge is 2.42. The molecule has 2 aliphatic rings. The van der Waals surface area contributed by atoms with Crippen LogP contribution in [0.25, 0.3) is 10.6 Å². The number of aromatic nitrogens is 2. The number of nitrogens with zero attached hydrogens (tertiary/aromatic N) is 3. The molecule has 0 aromatic carbocycles. The molecule has 4 rings (SSSR count). The zero-order valence-electron chi connectivity index (χ0n) is 19.4. The van der Waals surface area contributed by atoms with E-state index in [0.717, 1.165) is 10.6 Å². The number of piperidine rings is 2. The maximum atomic E-state index is 13.4. The van der Waals surface area contributed by atoms with Gasteiger partial charge in [-0.05, 0) is 63.2 Å². The van der Waals surface area contributed by atoms with Gasteiger partial charge in [-0.15, -0.1) is 11.3 Å². The third-order valence-electron chi connectivity index (χ3n) is 6.35. The predicted molar refractivity (Wildman–Crippen MR) is 128 cm³/mol. The molecule has 0 radical (unpaired) electrons. The molecule has 2 saturated heterocycles. The smallest absolute Gasteiger partial charge is 0.409 e. The summed E-state index contributed by atoms with van der Waals surface area (Å²) >= 11 is 1.60. The molecule has 2 aromatic heterocycles. The molecule has 11 heteroatoms. The second-order valence-electron chi connectivity index (χ2n) is 8.69. The largest absolute Gasteiger partial charge is 0.450 e. The Kier molecular flexibility index (Phi) is 7.84. The number of ether oxygens (including phenoxy) is 1. The lowest BCUT2D eigenvalue weighted by atomic mass is 9.86. The first-order valence-corrected chi connectivity index (χ1v) is 12.7. The minimum atomic E-state index is -0.954. The van der Waals surface area contributed by atoms with Crippen molar-refractivity contribution in [3.8, 4) is 10.6 Å². The van der Waals surface area contributed by atoms with E-state index >= 15 is 0 Å². The van der Waals surface area contributed by atoms with Crippen LogP contribution in [-0.2, 0) is 20.9 Å². The number of thiophene rings is 1. The minimum absolute atomic E-state index is 0.0405. The van der Waals surface area contributed by atoms with E-state index in [1.807, 2.05) is 23.6 Å². The van der Waals surface area contributed by atoms with Crippen LogP contribution in [0.2, 0.25) is 0 Å². The Morgan fingerprint density at radius 2 is 2.00 bits per heavy atom. The monoisotopic (exact) mass is 488 g/mol. The summed E-state index contributed by atoms with van der Waals surface area (Å²) in [5.74, 6) is -0.397. The molecule has 4 heterocycles. The van der Waals surface area contributed by atoms with Gasteiger partial charge in [-0.25, -0.2) is 4.79 Å². The fourth-order valence-corrected chi connectivity index (χ4v) is 5.16. The average molecular weight is 489 g/mol. The first-order chi connectivity index (χ1) is 16.5. The lowest BCUT2D eigenvalue weighted by Gasteiger charge is -2.39. The molecule has 0 aliphatic carbocycles. The zero-order valence-corrected chi connectivity index (χ0v) is 20.2. The standard InChI is InChI=1S/C23H32N6O4S/c1-2-33-22(32)28-12-5-17(6-13-28)25-21(31)23(8-10-24-11-9-23)26-20(30)16-29-14-7-18(27-29)19-4-3-15-34-19/h3-4,7,14-15,17,24H,2,5-6,8-13,16H2,1H3,(H,25,31)(H,26,30). The lowest BCUT2D eigenvalue weighted by molar-refractivity contribution is -0.135. The van der Waals surface area contributed by atoms with E-state index in [-0.39, 0.29) is 30.5 Å². The number of nitrogens with one attached hydrogen (secondary N) is 3. The molecule has 2 fully saturated rings. The van der Waals surface area contributed by atoms with Crippen LogP contribution in [0.3, 0.4) is 0 Å². The molecule has 3 amide bonds. The van der Waals surface area contributed by atoms with Gasteiger partial charge >= 0.3 is 6.09 Å². The van der Waals surface area contributed by atoms with Crippen LogP contribution in [0.15, 0.2) is 29.8 Å². The first-order valence-electron chi connectivity index (χ1n) is 11.8. The van der Waals surface area contributed by atoms with Gasteiger partial charge in [0.2, 0.25) is 11.8 Å². The minimum Gasteiger partial charge on any atom is -0.450 e. The van der Waals surface area contributed by atoms with Crippen LogP contribution in [-0.4, -0.2) is 77.0 Å². The molecule has 0 saturated carbocycles. The number of carbonyl (C=O) groups is 3. The quantitative estimate of drug-likeness (QED) is 0.545. The van der Waals surface area contributed by atoms with Gasteiger partial charge in [0.15, 0.2) is 0 Å². The summed E-state index contributed by atoms with van der Waals surface area (Å²) in [5.41, 5.74) is -0.129. The van der Waals surface area contributed by atoms with E-state index in [9.17, 15) is 14.4 Å². The Bertz CT molecular complexity index is 978. The summed E-state index contributed by atoms with van der Waals surface area (Å²) in [7, 11) is 0. The molecule has 2 aliphatic heterocycles. The highest BCUT2D eigenvalue weighted by Crippen LogP contribution is 2.23. The summed E-state index contributed by atoms with van der Waals surface area (Å²) in [5, 5.41) is 15.9. The highest BCUT2D eigenvalue weighted by atomic mass is 32.1. The maximum absolute atomic E-state index is 13.4. The molecule has 34 heavy (non-hydrogen) atoms. The van der Waals surface area contributed by atoms with Gasteiger partial charge in [0.25, 0.3) is 0 Å². The highest BCUT2D eigenvalue weighted by molar-refractivity contribution is 7.13. The average Bonchev–Trinajstić information content (AvgIpc) is 3.52. The lowest BCUT2D eigenvalue weighted by Crippen LogP contribution is -2.64. The van der Waals surface area contributed by atoms with Crippen LogP contribution in [0, 0.1) is 0 Å². The molecule has 0 unspecified atom stereocenters. The van der Waals surface area contributed by atoms with Crippen LogP contribution in [0.4, 0.5) is 4.79 Å². The van der Waals surface area contributed by atoms with Crippen LogP contribution in [0.5, 0.6) is 0 Å².